The zero-order chi connectivity index (χ0) is 24.6. The number of benzene rings is 1. The summed E-state index contributed by atoms with van der Waals surface area (Å²) in [5.74, 6) is -1.23. The van der Waals surface area contributed by atoms with Gasteiger partial charge >= 0.3 is 6.18 Å². The molecule has 1 unspecified atom stereocenters. The molecule has 174 valence electrons. The van der Waals surface area contributed by atoms with Crippen molar-refractivity contribution < 1.29 is 27.6 Å². The molecule has 2 N–H and O–H groups in total. The highest BCUT2D eigenvalue weighted by Gasteiger charge is 2.59. The Morgan fingerprint density at radius 1 is 1.27 bits per heavy atom. The molecule has 13 heteroatoms. The van der Waals surface area contributed by atoms with Crippen LogP contribution in [0, 0.1) is 18.4 Å². The molecule has 3 rings (SSSR count). The first-order valence-corrected chi connectivity index (χ1v) is 10.7. The number of nitrogens with zero attached hydrogens (tertiary/aromatic N) is 2. The predicted octanol–water partition coefficient (Wildman–Crippen LogP) is 4.37. The lowest BCUT2D eigenvalue weighted by molar-refractivity contribution is -0.269. The molecule has 33 heavy (non-hydrogen) atoms. The van der Waals surface area contributed by atoms with Gasteiger partial charge in [-0.1, -0.05) is 23.2 Å². The summed E-state index contributed by atoms with van der Waals surface area (Å²) < 4.78 is 42.4. The number of halogens is 5. The molecular weight excluding hydrogens is 504 g/mol. The van der Waals surface area contributed by atoms with E-state index >= 15 is 0 Å². The Bertz CT molecular complexity index is 1170. The number of thiophene rings is 1. The molecule has 1 aromatic carbocycles. The predicted molar refractivity (Wildman–Crippen MR) is 116 cm³/mol. The average molecular weight is 519 g/mol. The summed E-state index contributed by atoms with van der Waals surface area (Å²) in [5.41, 5.74) is -0.403. The molecular formula is C20H15Cl2F3N4O3S. The van der Waals surface area contributed by atoms with Gasteiger partial charge in [0.25, 0.3) is 11.8 Å². The van der Waals surface area contributed by atoms with Gasteiger partial charge in [-0.05, 0) is 42.8 Å². The number of hydrogen-bond donors (Lipinski definition) is 2. The van der Waals surface area contributed by atoms with E-state index in [1.165, 1.54) is 19.2 Å². The second-order valence-corrected chi connectivity index (χ2v) is 8.94. The molecule has 0 bridgehead atoms. The number of hydrogen-bond acceptors (Lipinski definition) is 6. The number of alkyl halides is 3. The van der Waals surface area contributed by atoms with Gasteiger partial charge in [0.2, 0.25) is 5.60 Å². The number of nitriles is 1. The van der Waals surface area contributed by atoms with Gasteiger partial charge in [0.05, 0.1) is 22.0 Å². The normalized spacial score (nSPS) is 17.7. The fourth-order valence-electron chi connectivity index (χ4n) is 2.98. The van der Waals surface area contributed by atoms with Gasteiger partial charge in [0.1, 0.15) is 0 Å². The van der Waals surface area contributed by atoms with Crippen molar-refractivity contribution in [2.45, 2.75) is 18.7 Å². The number of aryl methyl sites for hydroxylation is 1. The molecule has 0 saturated carbocycles. The Balaban J connectivity index is 1.92. The van der Waals surface area contributed by atoms with E-state index in [2.05, 4.69) is 10.8 Å². The highest BCUT2D eigenvalue weighted by Crippen LogP contribution is 2.48. The molecule has 1 aromatic heterocycles. The maximum atomic E-state index is 14.1. The number of rotatable bonds is 5. The second kappa shape index (κ2) is 9.23. The average Bonchev–Trinajstić information content (AvgIpc) is 3.35. The van der Waals surface area contributed by atoms with Crippen LogP contribution in [0.5, 0.6) is 0 Å². The van der Waals surface area contributed by atoms with Crippen LogP contribution in [0.25, 0.3) is 5.70 Å². The van der Waals surface area contributed by atoms with E-state index in [4.69, 9.17) is 33.3 Å². The van der Waals surface area contributed by atoms with Crippen LogP contribution in [0.15, 0.2) is 30.3 Å². The van der Waals surface area contributed by atoms with Crippen molar-refractivity contribution in [2.75, 3.05) is 13.6 Å². The maximum Gasteiger partial charge on any atom is 0.428 e. The van der Waals surface area contributed by atoms with E-state index < -0.39 is 30.1 Å². The number of likely N-dealkylation sites (N-methyl/N-ethyl adjacent to an activating group) is 1. The fraction of sp³-hybridized carbons (Fsp3) is 0.250. The Morgan fingerprint density at radius 3 is 2.48 bits per heavy atom. The van der Waals surface area contributed by atoms with Gasteiger partial charge in [-0.25, -0.2) is 0 Å². The second-order valence-electron chi connectivity index (χ2n) is 7.01. The highest BCUT2D eigenvalue weighted by atomic mass is 35.5. The van der Waals surface area contributed by atoms with Crippen molar-refractivity contribution >= 4 is 52.1 Å². The first kappa shape index (κ1) is 24.9. The van der Waals surface area contributed by atoms with Gasteiger partial charge < -0.3 is 5.32 Å². The lowest BCUT2D eigenvalue weighted by Crippen LogP contribution is -2.42. The molecule has 2 amide bonds. The number of hydroxylamine groups is 1. The minimum absolute atomic E-state index is 0.00383. The number of nitrogens with one attached hydrogen (secondary N) is 2. The molecule has 0 aliphatic carbocycles. The molecule has 2 aromatic rings. The molecule has 0 spiro atoms. The summed E-state index contributed by atoms with van der Waals surface area (Å²) in [4.78, 5) is 30.4. The summed E-state index contributed by atoms with van der Waals surface area (Å²) in [7, 11) is 1.25. The third-order valence-electron chi connectivity index (χ3n) is 4.70. The van der Waals surface area contributed by atoms with Crippen LogP contribution in [0.4, 0.5) is 13.2 Å². The molecule has 0 fully saturated rings. The van der Waals surface area contributed by atoms with E-state index in [1.807, 2.05) is 0 Å². The largest absolute Gasteiger partial charge is 0.428 e. The van der Waals surface area contributed by atoms with Crippen molar-refractivity contribution in [2.24, 2.45) is 0 Å². The summed E-state index contributed by atoms with van der Waals surface area (Å²) in [6, 6.07) is 5.03. The summed E-state index contributed by atoms with van der Waals surface area (Å²) in [5, 5.41) is 11.1. The van der Waals surface area contributed by atoms with Gasteiger partial charge in [0, 0.05) is 22.7 Å². The van der Waals surface area contributed by atoms with Crippen LogP contribution in [0.2, 0.25) is 10.0 Å². The third-order valence-corrected chi connectivity index (χ3v) is 6.40. The van der Waals surface area contributed by atoms with E-state index in [-0.39, 0.29) is 26.2 Å². The Kier molecular flexibility index (Phi) is 6.95. The number of carbonyl (C=O) groups excluding carboxylic acids is 2. The summed E-state index contributed by atoms with van der Waals surface area (Å²) in [6.45, 7) is 1.19. The molecule has 0 saturated heterocycles. The first-order valence-electron chi connectivity index (χ1n) is 9.13. The topological polar surface area (TPSA) is 94.5 Å². The van der Waals surface area contributed by atoms with Crippen molar-refractivity contribution in [1.29, 1.82) is 5.26 Å². The SMILES string of the molecule is Cc1cc(C2=CC(c3cc(Cl)cc(Cl)c3)(C(F)(F)F)ON2)sc1C(=O)NCC(=O)N(C)C#N. The molecule has 1 atom stereocenters. The zero-order valence-electron chi connectivity index (χ0n) is 17.0. The lowest BCUT2D eigenvalue weighted by atomic mass is 9.92. The van der Waals surface area contributed by atoms with Crippen LogP contribution in [-0.4, -0.2) is 36.5 Å². The highest BCUT2D eigenvalue weighted by molar-refractivity contribution is 7.15. The van der Waals surface area contributed by atoms with Gasteiger partial charge in [-0.15, -0.1) is 11.3 Å². The van der Waals surface area contributed by atoms with Crippen LogP contribution in [0.1, 0.15) is 25.7 Å². The summed E-state index contributed by atoms with van der Waals surface area (Å²) >= 11 is 12.7. The molecule has 7 nitrogen and oxygen atoms in total. The lowest BCUT2D eigenvalue weighted by Gasteiger charge is -2.28. The Labute approximate surface area is 200 Å². The minimum Gasteiger partial charge on any atom is -0.342 e. The van der Waals surface area contributed by atoms with E-state index in [1.54, 1.807) is 13.1 Å². The fourth-order valence-corrected chi connectivity index (χ4v) is 4.56. The molecule has 2 heterocycles. The van der Waals surface area contributed by atoms with Gasteiger partial charge in [-0.3, -0.25) is 24.8 Å². The van der Waals surface area contributed by atoms with Crippen LogP contribution < -0.4 is 10.8 Å². The number of amides is 2. The van der Waals surface area contributed by atoms with Crippen LogP contribution in [0.3, 0.4) is 0 Å². The maximum absolute atomic E-state index is 14.1. The molecule has 1 aliphatic heterocycles. The van der Waals surface area contributed by atoms with Crippen molar-refractivity contribution in [3.63, 3.8) is 0 Å². The summed E-state index contributed by atoms with van der Waals surface area (Å²) in [6.07, 6.45) is -2.39. The van der Waals surface area contributed by atoms with Crippen molar-refractivity contribution in [3.05, 3.63) is 61.3 Å². The van der Waals surface area contributed by atoms with Crippen LogP contribution >= 0.6 is 34.5 Å². The van der Waals surface area contributed by atoms with E-state index in [9.17, 15) is 22.8 Å². The van der Waals surface area contributed by atoms with Gasteiger partial charge in [0.15, 0.2) is 6.19 Å². The first-order chi connectivity index (χ1) is 15.4. The minimum atomic E-state index is -4.87. The van der Waals surface area contributed by atoms with E-state index in [0.29, 0.717) is 10.4 Å². The zero-order valence-corrected chi connectivity index (χ0v) is 19.3. The Hall–Kier alpha value is -2.78. The number of carbonyl (C=O) groups is 2. The van der Waals surface area contributed by atoms with Gasteiger partial charge in [-0.2, -0.15) is 18.4 Å². The van der Waals surface area contributed by atoms with Crippen LogP contribution in [-0.2, 0) is 15.2 Å². The van der Waals surface area contributed by atoms with Crippen molar-refractivity contribution in [3.8, 4) is 6.19 Å². The smallest absolute Gasteiger partial charge is 0.342 e. The van der Waals surface area contributed by atoms with Crippen molar-refractivity contribution in [1.82, 2.24) is 15.7 Å². The Morgan fingerprint density at radius 2 is 1.91 bits per heavy atom. The quantitative estimate of drug-likeness (QED) is 0.452. The third kappa shape index (κ3) is 4.94. The standard InChI is InChI=1S/C20H15Cl2F3N4O3S/c1-10-3-15(33-17(10)18(31)27-8-16(30)29(2)9-26)14-7-19(32-28-14,20(23,24)25)11-4-12(21)6-13(22)5-11/h3-7,28H,8H2,1-2H3,(H,27,31). The van der Waals surface area contributed by atoms with E-state index in [0.717, 1.165) is 34.4 Å². The molecule has 0 radical (unpaired) electrons. The molecule has 1 aliphatic rings. The monoisotopic (exact) mass is 518 g/mol.